The first kappa shape index (κ1) is 13.8. The van der Waals surface area contributed by atoms with Crippen LogP contribution in [0.5, 0.6) is 5.88 Å². The molecule has 6 nitrogen and oxygen atoms in total. The van der Waals surface area contributed by atoms with Gasteiger partial charge in [0.05, 0.1) is 12.7 Å². The quantitative estimate of drug-likeness (QED) is 0.891. The standard InChI is InChI=1S/C14H16N4O2/c1-9-8-12(20-3)17-14(16-9)18-13(19)10-6-4-5-7-11(10)15-2/h4-8,15H,1-3H3,(H,16,17,18,19). The maximum Gasteiger partial charge on any atom is 0.260 e. The number of methoxy groups -OCH3 is 1. The lowest BCUT2D eigenvalue weighted by atomic mass is 10.1. The number of hydrogen-bond acceptors (Lipinski definition) is 5. The number of benzene rings is 1. The fourth-order valence-electron chi connectivity index (χ4n) is 1.77. The molecule has 0 aliphatic heterocycles. The van der Waals surface area contributed by atoms with Crippen LogP contribution in [-0.2, 0) is 0 Å². The van der Waals surface area contributed by atoms with Crippen molar-refractivity contribution in [2.75, 3.05) is 24.8 Å². The van der Waals surface area contributed by atoms with Gasteiger partial charge in [-0.2, -0.15) is 4.98 Å². The van der Waals surface area contributed by atoms with E-state index in [4.69, 9.17) is 4.74 Å². The molecule has 0 spiro atoms. The first-order valence-electron chi connectivity index (χ1n) is 6.12. The number of anilines is 2. The summed E-state index contributed by atoms with van der Waals surface area (Å²) in [5, 5.41) is 5.64. The van der Waals surface area contributed by atoms with Crippen molar-refractivity contribution < 1.29 is 9.53 Å². The number of nitrogens with one attached hydrogen (secondary N) is 2. The molecular formula is C14H16N4O2. The number of nitrogens with zero attached hydrogens (tertiary/aromatic N) is 2. The number of ether oxygens (including phenoxy) is 1. The summed E-state index contributed by atoms with van der Waals surface area (Å²) in [7, 11) is 3.28. The van der Waals surface area contributed by atoms with Crippen LogP contribution in [0.15, 0.2) is 30.3 Å². The third-order valence-electron chi connectivity index (χ3n) is 2.71. The Morgan fingerprint density at radius 1 is 1.25 bits per heavy atom. The Labute approximate surface area is 117 Å². The molecule has 0 aliphatic rings. The molecule has 0 radical (unpaired) electrons. The zero-order chi connectivity index (χ0) is 14.5. The molecule has 0 aliphatic carbocycles. The number of carbonyl (C=O) groups excluding carboxylic acids is 1. The highest BCUT2D eigenvalue weighted by molar-refractivity contribution is 6.07. The first-order valence-corrected chi connectivity index (χ1v) is 6.12. The summed E-state index contributed by atoms with van der Waals surface area (Å²) in [5.74, 6) is 0.357. The van der Waals surface area contributed by atoms with E-state index in [0.29, 0.717) is 17.1 Å². The van der Waals surface area contributed by atoms with Gasteiger partial charge in [-0.1, -0.05) is 12.1 Å². The molecule has 2 aromatic rings. The second kappa shape index (κ2) is 6.01. The number of aromatic nitrogens is 2. The molecule has 0 bridgehead atoms. The van der Waals surface area contributed by atoms with E-state index in [0.717, 1.165) is 5.69 Å². The second-order valence-electron chi connectivity index (χ2n) is 4.13. The van der Waals surface area contributed by atoms with Crippen LogP contribution in [0, 0.1) is 6.92 Å². The number of rotatable bonds is 4. The largest absolute Gasteiger partial charge is 0.481 e. The Bertz CT molecular complexity index is 628. The fraction of sp³-hybridized carbons (Fsp3) is 0.214. The summed E-state index contributed by atoms with van der Waals surface area (Å²) < 4.78 is 5.05. The van der Waals surface area contributed by atoms with Gasteiger partial charge in [0.1, 0.15) is 0 Å². The molecule has 1 aromatic carbocycles. The number of para-hydroxylation sites is 1. The smallest absolute Gasteiger partial charge is 0.260 e. The van der Waals surface area contributed by atoms with Gasteiger partial charge in [-0.05, 0) is 19.1 Å². The average molecular weight is 272 g/mol. The highest BCUT2D eigenvalue weighted by Crippen LogP contribution is 2.17. The minimum Gasteiger partial charge on any atom is -0.481 e. The SMILES string of the molecule is CNc1ccccc1C(=O)Nc1nc(C)cc(OC)n1. The zero-order valence-electron chi connectivity index (χ0n) is 11.6. The van der Waals surface area contributed by atoms with E-state index >= 15 is 0 Å². The molecule has 0 unspecified atom stereocenters. The van der Waals surface area contributed by atoms with Crippen molar-refractivity contribution in [2.24, 2.45) is 0 Å². The summed E-state index contributed by atoms with van der Waals surface area (Å²) in [6, 6.07) is 8.90. The Balaban J connectivity index is 2.25. The number of hydrogen-bond donors (Lipinski definition) is 2. The minimum absolute atomic E-state index is 0.220. The minimum atomic E-state index is -0.275. The van der Waals surface area contributed by atoms with Crippen molar-refractivity contribution in [3.8, 4) is 5.88 Å². The summed E-state index contributed by atoms with van der Waals surface area (Å²) in [6.45, 7) is 1.81. The monoisotopic (exact) mass is 272 g/mol. The van der Waals surface area contributed by atoms with E-state index in [1.807, 2.05) is 12.1 Å². The van der Waals surface area contributed by atoms with E-state index in [1.54, 1.807) is 32.2 Å². The van der Waals surface area contributed by atoms with Crippen molar-refractivity contribution in [3.05, 3.63) is 41.6 Å². The summed E-state index contributed by atoms with van der Waals surface area (Å²) in [4.78, 5) is 20.5. The van der Waals surface area contributed by atoms with Gasteiger partial charge in [0.25, 0.3) is 5.91 Å². The summed E-state index contributed by atoms with van der Waals surface area (Å²) in [5.41, 5.74) is 1.98. The molecule has 104 valence electrons. The van der Waals surface area contributed by atoms with Gasteiger partial charge in [0, 0.05) is 24.5 Å². The van der Waals surface area contributed by atoms with Gasteiger partial charge in [-0.25, -0.2) is 4.98 Å². The van der Waals surface area contributed by atoms with Crippen molar-refractivity contribution in [2.45, 2.75) is 6.92 Å². The first-order chi connectivity index (χ1) is 9.63. The Hall–Kier alpha value is -2.63. The molecule has 0 atom stereocenters. The normalized spacial score (nSPS) is 9.95. The summed E-state index contributed by atoms with van der Waals surface area (Å²) in [6.07, 6.45) is 0. The molecule has 20 heavy (non-hydrogen) atoms. The van der Waals surface area contributed by atoms with Crippen molar-refractivity contribution in [1.82, 2.24) is 9.97 Å². The number of amides is 1. The molecular weight excluding hydrogens is 256 g/mol. The predicted molar refractivity (Wildman–Crippen MR) is 77.3 cm³/mol. The number of aryl methyl sites for hydroxylation is 1. The Morgan fingerprint density at radius 2 is 2.00 bits per heavy atom. The third kappa shape index (κ3) is 3.03. The number of carbonyl (C=O) groups is 1. The second-order valence-corrected chi connectivity index (χ2v) is 4.13. The van der Waals surface area contributed by atoms with E-state index in [2.05, 4.69) is 20.6 Å². The maximum absolute atomic E-state index is 12.2. The van der Waals surface area contributed by atoms with Crippen LogP contribution < -0.4 is 15.4 Å². The van der Waals surface area contributed by atoms with Gasteiger partial charge in [0.15, 0.2) is 0 Å². The highest BCUT2D eigenvalue weighted by atomic mass is 16.5. The van der Waals surface area contributed by atoms with E-state index < -0.39 is 0 Å². The van der Waals surface area contributed by atoms with Crippen molar-refractivity contribution in [1.29, 1.82) is 0 Å². The lowest BCUT2D eigenvalue weighted by Crippen LogP contribution is -2.16. The molecule has 6 heteroatoms. The van der Waals surface area contributed by atoms with Gasteiger partial charge in [0.2, 0.25) is 11.8 Å². The molecule has 0 fully saturated rings. The molecule has 0 saturated carbocycles. The fourth-order valence-corrected chi connectivity index (χ4v) is 1.77. The average Bonchev–Trinajstić information content (AvgIpc) is 2.46. The van der Waals surface area contributed by atoms with E-state index in [9.17, 15) is 4.79 Å². The lowest BCUT2D eigenvalue weighted by molar-refractivity contribution is 0.102. The summed E-state index contributed by atoms with van der Waals surface area (Å²) >= 11 is 0. The van der Waals surface area contributed by atoms with Crippen LogP contribution in [0.3, 0.4) is 0 Å². The zero-order valence-corrected chi connectivity index (χ0v) is 11.6. The topological polar surface area (TPSA) is 76.1 Å². The Kier molecular flexibility index (Phi) is 4.14. The molecule has 1 amide bonds. The molecule has 2 rings (SSSR count). The molecule has 1 aromatic heterocycles. The van der Waals surface area contributed by atoms with Crippen LogP contribution >= 0.6 is 0 Å². The predicted octanol–water partition coefficient (Wildman–Crippen LogP) is 2.09. The van der Waals surface area contributed by atoms with Crippen LogP contribution in [0.1, 0.15) is 16.1 Å². The van der Waals surface area contributed by atoms with E-state index in [1.165, 1.54) is 7.11 Å². The molecule has 1 heterocycles. The van der Waals surface area contributed by atoms with Gasteiger partial charge >= 0.3 is 0 Å². The van der Waals surface area contributed by atoms with Crippen LogP contribution in [0.25, 0.3) is 0 Å². The third-order valence-corrected chi connectivity index (χ3v) is 2.71. The lowest BCUT2D eigenvalue weighted by Gasteiger charge is -2.09. The van der Waals surface area contributed by atoms with Crippen LogP contribution in [0.4, 0.5) is 11.6 Å². The van der Waals surface area contributed by atoms with Crippen molar-refractivity contribution >= 4 is 17.5 Å². The van der Waals surface area contributed by atoms with Gasteiger partial charge in [-0.15, -0.1) is 0 Å². The van der Waals surface area contributed by atoms with Crippen LogP contribution in [-0.4, -0.2) is 30.0 Å². The van der Waals surface area contributed by atoms with Crippen LogP contribution in [0.2, 0.25) is 0 Å². The Morgan fingerprint density at radius 3 is 2.70 bits per heavy atom. The maximum atomic E-state index is 12.2. The molecule has 0 saturated heterocycles. The van der Waals surface area contributed by atoms with Gasteiger partial charge < -0.3 is 10.1 Å². The van der Waals surface area contributed by atoms with Crippen molar-refractivity contribution in [3.63, 3.8) is 0 Å². The van der Waals surface area contributed by atoms with Gasteiger partial charge in [-0.3, -0.25) is 10.1 Å². The highest BCUT2D eigenvalue weighted by Gasteiger charge is 2.12. The molecule has 2 N–H and O–H groups in total. The van der Waals surface area contributed by atoms with E-state index in [-0.39, 0.29) is 11.9 Å².